The van der Waals surface area contributed by atoms with Crippen molar-refractivity contribution in [1.82, 2.24) is 5.48 Å². The molecule has 4 nitrogen and oxygen atoms in total. The quantitative estimate of drug-likeness (QED) is 0.832. The van der Waals surface area contributed by atoms with E-state index in [0.717, 1.165) is 18.4 Å². The van der Waals surface area contributed by atoms with Gasteiger partial charge in [0.15, 0.2) is 0 Å². The first-order valence-corrected chi connectivity index (χ1v) is 6.41. The van der Waals surface area contributed by atoms with Gasteiger partial charge in [0.1, 0.15) is 0 Å². The maximum atomic E-state index is 12.0. The van der Waals surface area contributed by atoms with Crippen LogP contribution in [0, 0.1) is 5.92 Å². The zero-order valence-electron chi connectivity index (χ0n) is 10.6. The number of carbonyl (C=O) groups is 1. The molecule has 1 aliphatic heterocycles. The highest BCUT2D eigenvalue weighted by Crippen LogP contribution is 2.33. The van der Waals surface area contributed by atoms with E-state index in [1.165, 1.54) is 0 Å². The Morgan fingerprint density at radius 1 is 1.44 bits per heavy atom. The molecule has 0 unspecified atom stereocenters. The summed E-state index contributed by atoms with van der Waals surface area (Å²) in [6.07, 6.45) is 1.58. The van der Waals surface area contributed by atoms with E-state index in [-0.39, 0.29) is 17.9 Å². The number of nitrogens with one attached hydrogen (secondary N) is 1. The van der Waals surface area contributed by atoms with Crippen molar-refractivity contribution in [3.05, 3.63) is 35.9 Å². The van der Waals surface area contributed by atoms with Crippen molar-refractivity contribution in [2.75, 3.05) is 13.2 Å². The molecule has 0 saturated carbocycles. The van der Waals surface area contributed by atoms with Crippen LogP contribution in [0.1, 0.15) is 31.4 Å². The van der Waals surface area contributed by atoms with Gasteiger partial charge < -0.3 is 4.74 Å². The molecule has 1 fully saturated rings. The summed E-state index contributed by atoms with van der Waals surface area (Å²) in [7, 11) is 0. The standard InChI is InChI=1S/C14H19NO3/c1-2-18-15-14(16)12-9-6-10-17-13(12)11-7-4-3-5-8-11/h3-5,7-8,12-13H,2,6,9-10H2,1H3,(H,15,16)/t12-,13-/m0/s1. The number of hydrogen-bond acceptors (Lipinski definition) is 3. The average Bonchev–Trinajstić information content (AvgIpc) is 2.45. The summed E-state index contributed by atoms with van der Waals surface area (Å²) in [5.74, 6) is -0.266. The Kier molecular flexibility index (Phi) is 4.73. The van der Waals surface area contributed by atoms with Gasteiger partial charge in [0, 0.05) is 6.61 Å². The molecule has 0 aliphatic carbocycles. The van der Waals surface area contributed by atoms with Gasteiger partial charge in [0.2, 0.25) is 5.91 Å². The van der Waals surface area contributed by atoms with Gasteiger partial charge in [-0.3, -0.25) is 9.63 Å². The summed E-state index contributed by atoms with van der Waals surface area (Å²) in [4.78, 5) is 17.0. The fourth-order valence-electron chi connectivity index (χ4n) is 2.24. The summed E-state index contributed by atoms with van der Waals surface area (Å²) < 4.78 is 5.76. The summed E-state index contributed by atoms with van der Waals surface area (Å²) in [6, 6.07) is 9.88. The van der Waals surface area contributed by atoms with Crippen LogP contribution in [0.2, 0.25) is 0 Å². The van der Waals surface area contributed by atoms with Crippen LogP contribution in [0.25, 0.3) is 0 Å². The van der Waals surface area contributed by atoms with Gasteiger partial charge in [0.05, 0.1) is 18.6 Å². The Balaban J connectivity index is 2.09. The first-order chi connectivity index (χ1) is 8.83. The molecule has 98 valence electrons. The minimum absolute atomic E-state index is 0.0922. The second-order valence-electron chi connectivity index (χ2n) is 4.35. The fourth-order valence-corrected chi connectivity index (χ4v) is 2.24. The van der Waals surface area contributed by atoms with Gasteiger partial charge in [-0.05, 0) is 25.3 Å². The fraction of sp³-hybridized carbons (Fsp3) is 0.500. The average molecular weight is 249 g/mol. The number of carbonyl (C=O) groups excluding carboxylic acids is 1. The van der Waals surface area contributed by atoms with E-state index in [0.29, 0.717) is 13.2 Å². The highest BCUT2D eigenvalue weighted by atomic mass is 16.6. The van der Waals surface area contributed by atoms with E-state index in [2.05, 4.69) is 5.48 Å². The van der Waals surface area contributed by atoms with E-state index in [4.69, 9.17) is 9.57 Å². The molecule has 1 aliphatic rings. The van der Waals surface area contributed by atoms with Crippen molar-refractivity contribution < 1.29 is 14.4 Å². The summed E-state index contributed by atoms with van der Waals surface area (Å²) in [6.45, 7) is 3.01. The topological polar surface area (TPSA) is 47.6 Å². The molecule has 1 saturated heterocycles. The Morgan fingerprint density at radius 3 is 2.94 bits per heavy atom. The third kappa shape index (κ3) is 3.09. The number of hydroxylamine groups is 1. The van der Waals surface area contributed by atoms with E-state index in [1.54, 1.807) is 0 Å². The molecule has 1 N–H and O–H groups in total. The van der Waals surface area contributed by atoms with Crippen LogP contribution >= 0.6 is 0 Å². The molecule has 18 heavy (non-hydrogen) atoms. The summed E-state index contributed by atoms with van der Waals surface area (Å²) >= 11 is 0. The highest BCUT2D eigenvalue weighted by Gasteiger charge is 2.33. The predicted molar refractivity (Wildman–Crippen MR) is 67.6 cm³/mol. The van der Waals surface area contributed by atoms with Crippen molar-refractivity contribution in [1.29, 1.82) is 0 Å². The molecule has 1 aromatic carbocycles. The van der Waals surface area contributed by atoms with Crippen molar-refractivity contribution in [2.24, 2.45) is 5.92 Å². The van der Waals surface area contributed by atoms with Crippen LogP contribution in [0.3, 0.4) is 0 Å². The van der Waals surface area contributed by atoms with Crippen molar-refractivity contribution >= 4 is 5.91 Å². The van der Waals surface area contributed by atoms with Crippen LogP contribution in [0.4, 0.5) is 0 Å². The zero-order valence-corrected chi connectivity index (χ0v) is 10.6. The summed E-state index contributed by atoms with van der Waals surface area (Å²) in [5, 5.41) is 0. The number of ether oxygens (including phenoxy) is 1. The SMILES string of the molecule is CCONC(=O)[C@H]1CCCO[C@H]1c1ccccc1. The van der Waals surface area contributed by atoms with Gasteiger partial charge >= 0.3 is 0 Å². The molecule has 0 spiro atoms. The van der Waals surface area contributed by atoms with Gasteiger partial charge in [0.25, 0.3) is 0 Å². The second-order valence-corrected chi connectivity index (χ2v) is 4.35. The Hall–Kier alpha value is -1.39. The van der Waals surface area contributed by atoms with E-state index in [1.807, 2.05) is 37.3 Å². The normalized spacial score (nSPS) is 23.6. The van der Waals surface area contributed by atoms with E-state index < -0.39 is 0 Å². The van der Waals surface area contributed by atoms with Crippen molar-refractivity contribution in [3.63, 3.8) is 0 Å². The monoisotopic (exact) mass is 249 g/mol. The first-order valence-electron chi connectivity index (χ1n) is 6.41. The van der Waals surface area contributed by atoms with Crippen LogP contribution in [-0.2, 0) is 14.4 Å². The molecular formula is C14H19NO3. The van der Waals surface area contributed by atoms with E-state index in [9.17, 15) is 4.79 Å². The minimum atomic E-state index is -0.173. The third-order valence-corrected chi connectivity index (χ3v) is 3.10. The Labute approximate surface area is 107 Å². The van der Waals surface area contributed by atoms with Gasteiger partial charge in [-0.15, -0.1) is 0 Å². The predicted octanol–water partition coefficient (Wildman–Crippen LogP) is 2.22. The largest absolute Gasteiger partial charge is 0.373 e. The molecule has 0 bridgehead atoms. The molecule has 1 heterocycles. The lowest BCUT2D eigenvalue weighted by Crippen LogP contribution is -2.37. The number of hydrogen-bond donors (Lipinski definition) is 1. The van der Waals surface area contributed by atoms with Crippen molar-refractivity contribution in [2.45, 2.75) is 25.9 Å². The highest BCUT2D eigenvalue weighted by molar-refractivity contribution is 5.78. The smallest absolute Gasteiger partial charge is 0.249 e. The van der Waals surface area contributed by atoms with Crippen LogP contribution < -0.4 is 5.48 Å². The van der Waals surface area contributed by atoms with Gasteiger partial charge in [-0.1, -0.05) is 30.3 Å². The maximum absolute atomic E-state index is 12.0. The lowest BCUT2D eigenvalue weighted by atomic mass is 9.89. The molecule has 1 amide bonds. The first kappa shape index (κ1) is 13.1. The third-order valence-electron chi connectivity index (χ3n) is 3.10. The number of benzene rings is 1. The molecule has 0 radical (unpaired) electrons. The number of rotatable bonds is 4. The number of amides is 1. The van der Waals surface area contributed by atoms with Gasteiger partial charge in [-0.2, -0.15) is 0 Å². The van der Waals surface area contributed by atoms with Crippen LogP contribution in [0.5, 0.6) is 0 Å². The molecule has 0 aromatic heterocycles. The molecule has 2 atom stereocenters. The molecule has 4 heteroatoms. The lowest BCUT2D eigenvalue weighted by molar-refractivity contribution is -0.147. The molecule has 2 rings (SSSR count). The Morgan fingerprint density at radius 2 is 2.22 bits per heavy atom. The van der Waals surface area contributed by atoms with E-state index >= 15 is 0 Å². The van der Waals surface area contributed by atoms with Crippen molar-refractivity contribution in [3.8, 4) is 0 Å². The zero-order chi connectivity index (χ0) is 12.8. The maximum Gasteiger partial charge on any atom is 0.249 e. The second kappa shape index (κ2) is 6.52. The lowest BCUT2D eigenvalue weighted by Gasteiger charge is -2.30. The molecular weight excluding hydrogens is 230 g/mol. The van der Waals surface area contributed by atoms with Gasteiger partial charge in [-0.25, -0.2) is 5.48 Å². The minimum Gasteiger partial charge on any atom is -0.373 e. The molecule has 1 aromatic rings. The van der Waals surface area contributed by atoms with Crippen LogP contribution in [0.15, 0.2) is 30.3 Å². The summed E-state index contributed by atoms with van der Waals surface area (Å²) in [5.41, 5.74) is 3.53. The Bertz CT molecular complexity index is 380. The van der Waals surface area contributed by atoms with Crippen LogP contribution in [-0.4, -0.2) is 19.1 Å².